The fraction of sp³-hybridized carbons (Fsp3) is 0.706. The fourth-order valence-corrected chi connectivity index (χ4v) is 4.03. The van der Waals surface area contributed by atoms with Gasteiger partial charge >= 0.3 is 0 Å². The molecule has 0 unspecified atom stereocenters. The van der Waals surface area contributed by atoms with E-state index in [0.29, 0.717) is 45.3 Å². The van der Waals surface area contributed by atoms with Crippen LogP contribution in [0, 0.1) is 0 Å². The third-order valence-corrected chi connectivity index (χ3v) is 5.47. The van der Waals surface area contributed by atoms with Crippen LogP contribution in [0.2, 0.25) is 0 Å². The summed E-state index contributed by atoms with van der Waals surface area (Å²) < 4.78 is 0. The van der Waals surface area contributed by atoms with Crippen LogP contribution in [0.15, 0.2) is 4.99 Å². The molecule has 4 amide bonds. The average molecular weight is 393 g/mol. The second-order valence-electron chi connectivity index (χ2n) is 7.31. The minimum absolute atomic E-state index is 0.197. The molecule has 11 nitrogen and oxygen atoms in total. The smallest absolute Gasteiger partial charge is 0.246 e. The number of primary amides is 1. The van der Waals surface area contributed by atoms with Gasteiger partial charge < -0.3 is 31.9 Å². The molecule has 2 saturated heterocycles. The first-order chi connectivity index (χ1) is 13.4. The highest BCUT2D eigenvalue weighted by molar-refractivity contribution is 5.94. The topological polar surface area (TPSA) is 163 Å². The van der Waals surface area contributed by atoms with Gasteiger partial charge in [-0.3, -0.25) is 24.2 Å². The van der Waals surface area contributed by atoms with Crippen molar-refractivity contribution >= 4 is 29.6 Å². The highest BCUT2D eigenvalue weighted by atomic mass is 16.2. The van der Waals surface area contributed by atoms with Crippen molar-refractivity contribution in [3.63, 3.8) is 0 Å². The van der Waals surface area contributed by atoms with Crippen LogP contribution in [0.1, 0.15) is 32.1 Å². The van der Waals surface area contributed by atoms with E-state index in [4.69, 9.17) is 11.5 Å². The van der Waals surface area contributed by atoms with Crippen LogP contribution in [-0.2, 0) is 19.2 Å². The summed E-state index contributed by atoms with van der Waals surface area (Å²) in [5, 5.41) is 5.38. The maximum absolute atomic E-state index is 12.9. The predicted molar refractivity (Wildman–Crippen MR) is 99.7 cm³/mol. The van der Waals surface area contributed by atoms with Crippen LogP contribution >= 0.6 is 0 Å². The van der Waals surface area contributed by atoms with Crippen LogP contribution in [0.4, 0.5) is 0 Å². The highest BCUT2D eigenvalue weighted by Gasteiger charge is 2.41. The van der Waals surface area contributed by atoms with Crippen LogP contribution in [0.3, 0.4) is 0 Å². The Morgan fingerprint density at radius 1 is 1.07 bits per heavy atom. The maximum atomic E-state index is 12.9. The second kappa shape index (κ2) is 8.44. The molecule has 0 bridgehead atoms. The Labute approximate surface area is 162 Å². The summed E-state index contributed by atoms with van der Waals surface area (Å²) in [6.07, 6.45) is 3.00. The zero-order valence-electron chi connectivity index (χ0n) is 15.7. The lowest BCUT2D eigenvalue weighted by Gasteiger charge is -2.30. The van der Waals surface area contributed by atoms with Gasteiger partial charge in [0.15, 0.2) is 5.96 Å². The first-order valence-corrected chi connectivity index (χ1v) is 9.62. The van der Waals surface area contributed by atoms with Gasteiger partial charge in [0.2, 0.25) is 23.6 Å². The first-order valence-electron chi connectivity index (χ1n) is 9.62. The molecule has 11 heteroatoms. The number of nitrogens with one attached hydrogen (secondary N) is 2. The van der Waals surface area contributed by atoms with E-state index < -0.39 is 24.0 Å². The number of aliphatic imine (C=N–C) groups is 1. The van der Waals surface area contributed by atoms with Crippen molar-refractivity contribution in [1.82, 2.24) is 20.4 Å². The number of amides is 4. The number of hydrogen-bond donors (Lipinski definition) is 4. The molecule has 6 N–H and O–H groups in total. The molecule has 0 aromatic carbocycles. The van der Waals surface area contributed by atoms with Crippen molar-refractivity contribution in [2.24, 2.45) is 16.5 Å². The Morgan fingerprint density at radius 3 is 2.43 bits per heavy atom. The predicted octanol–water partition coefficient (Wildman–Crippen LogP) is -2.75. The average Bonchev–Trinajstić information content (AvgIpc) is 3.34. The van der Waals surface area contributed by atoms with Crippen molar-refractivity contribution in [3.05, 3.63) is 0 Å². The highest BCUT2D eigenvalue weighted by Crippen LogP contribution is 2.24. The molecule has 0 spiro atoms. The third-order valence-electron chi connectivity index (χ3n) is 5.47. The lowest BCUT2D eigenvalue weighted by atomic mass is 10.1. The molecule has 0 aromatic rings. The Bertz CT molecular complexity index is 695. The van der Waals surface area contributed by atoms with Gasteiger partial charge in [0.05, 0.1) is 6.54 Å². The Hall–Kier alpha value is -2.85. The summed E-state index contributed by atoms with van der Waals surface area (Å²) in [6.45, 7) is 1.17. The van der Waals surface area contributed by atoms with E-state index in [1.54, 1.807) is 0 Å². The van der Waals surface area contributed by atoms with E-state index >= 15 is 0 Å². The van der Waals surface area contributed by atoms with E-state index in [1.165, 1.54) is 9.80 Å². The molecule has 0 radical (unpaired) electrons. The van der Waals surface area contributed by atoms with Crippen molar-refractivity contribution in [2.75, 3.05) is 26.2 Å². The lowest BCUT2D eigenvalue weighted by Crippen LogP contribution is -2.55. The largest absolute Gasteiger partial charge is 0.370 e. The monoisotopic (exact) mass is 393 g/mol. The summed E-state index contributed by atoms with van der Waals surface area (Å²) in [4.78, 5) is 56.3. The van der Waals surface area contributed by atoms with E-state index in [0.717, 1.165) is 6.42 Å². The van der Waals surface area contributed by atoms with Crippen molar-refractivity contribution in [3.8, 4) is 0 Å². The van der Waals surface area contributed by atoms with Gasteiger partial charge in [-0.05, 0) is 32.1 Å². The molecule has 3 rings (SSSR count). The maximum Gasteiger partial charge on any atom is 0.246 e. The van der Waals surface area contributed by atoms with Gasteiger partial charge in [-0.2, -0.15) is 0 Å². The van der Waals surface area contributed by atoms with E-state index in [2.05, 4.69) is 15.6 Å². The summed E-state index contributed by atoms with van der Waals surface area (Å²) in [5.41, 5.74) is 11.0. The minimum atomic E-state index is -0.611. The Kier molecular flexibility index (Phi) is 6.00. The number of guanidine groups is 1. The molecule has 28 heavy (non-hydrogen) atoms. The van der Waals surface area contributed by atoms with Crippen molar-refractivity contribution in [2.45, 2.75) is 50.2 Å². The summed E-state index contributed by atoms with van der Waals surface area (Å²) >= 11 is 0. The molecule has 3 heterocycles. The number of likely N-dealkylation sites (tertiary alicyclic amines) is 2. The first kappa shape index (κ1) is 19.9. The number of carbonyl (C=O) groups excluding carboxylic acids is 4. The molecule has 2 fully saturated rings. The standard InChI is InChI=1S/C17H27N7O4/c18-14(26)11-3-1-8-24(11)16(28)12-4-2-7-23(12)13(25)9-21-15(27)10-5-6-20-17(19)22-10/h10-12H,1-9H2,(H2,18,26)(H,21,27)(H3,19,20,22)/t10-,11-,12-/m0/s1. The van der Waals surface area contributed by atoms with Crippen LogP contribution in [-0.4, -0.2) is 83.7 Å². The SMILES string of the molecule is NC(=O)[C@@H]1CCCN1C(=O)[C@@H]1CCCN1C(=O)CNC(=O)[C@@H]1CCN=C(N)N1. The zero-order chi connectivity index (χ0) is 20.3. The van der Waals surface area contributed by atoms with E-state index in [9.17, 15) is 19.2 Å². The summed E-state index contributed by atoms with van der Waals surface area (Å²) in [6, 6.07) is -1.74. The number of carbonyl (C=O) groups is 4. The number of rotatable bonds is 5. The van der Waals surface area contributed by atoms with Gasteiger partial charge in [0, 0.05) is 19.6 Å². The molecule has 0 aliphatic carbocycles. The summed E-state index contributed by atoms with van der Waals surface area (Å²) in [5.74, 6) is -1.20. The van der Waals surface area contributed by atoms with Gasteiger partial charge in [0.1, 0.15) is 18.1 Å². The third kappa shape index (κ3) is 4.18. The van der Waals surface area contributed by atoms with Crippen LogP contribution in [0.5, 0.6) is 0 Å². The lowest BCUT2D eigenvalue weighted by molar-refractivity contribution is -0.146. The minimum Gasteiger partial charge on any atom is -0.370 e. The van der Waals surface area contributed by atoms with Crippen LogP contribution < -0.4 is 22.1 Å². The van der Waals surface area contributed by atoms with Crippen molar-refractivity contribution < 1.29 is 19.2 Å². The molecule has 0 saturated carbocycles. The molecular weight excluding hydrogens is 366 g/mol. The molecule has 3 atom stereocenters. The molecule has 154 valence electrons. The summed E-state index contributed by atoms with van der Waals surface area (Å²) in [7, 11) is 0. The number of hydrogen-bond acceptors (Lipinski definition) is 7. The quantitative estimate of drug-likeness (QED) is 0.395. The molecule has 3 aliphatic rings. The van der Waals surface area contributed by atoms with Crippen LogP contribution in [0.25, 0.3) is 0 Å². The van der Waals surface area contributed by atoms with Gasteiger partial charge in [0.25, 0.3) is 0 Å². The molecular formula is C17H27N7O4. The molecule has 3 aliphatic heterocycles. The van der Waals surface area contributed by atoms with Gasteiger partial charge in [-0.15, -0.1) is 0 Å². The normalized spacial score (nSPS) is 27.1. The number of nitrogens with two attached hydrogens (primary N) is 2. The second-order valence-corrected chi connectivity index (χ2v) is 7.31. The van der Waals surface area contributed by atoms with Crippen molar-refractivity contribution in [1.29, 1.82) is 0 Å². The van der Waals surface area contributed by atoms with Gasteiger partial charge in [-0.1, -0.05) is 0 Å². The Morgan fingerprint density at radius 2 is 1.75 bits per heavy atom. The van der Waals surface area contributed by atoms with Gasteiger partial charge in [-0.25, -0.2) is 0 Å². The van der Waals surface area contributed by atoms with E-state index in [1.807, 2.05) is 0 Å². The molecule has 0 aromatic heterocycles. The van der Waals surface area contributed by atoms with E-state index in [-0.39, 0.29) is 30.2 Å². The fourth-order valence-electron chi connectivity index (χ4n) is 4.03. The zero-order valence-corrected chi connectivity index (χ0v) is 15.7. The Balaban J connectivity index is 1.55. The number of nitrogens with zero attached hydrogens (tertiary/aromatic N) is 3.